The third-order valence-electron chi connectivity index (χ3n) is 5.53. The molecule has 0 heterocycles. The van der Waals surface area contributed by atoms with Gasteiger partial charge < -0.3 is 15.2 Å². The van der Waals surface area contributed by atoms with Gasteiger partial charge in [0.25, 0.3) is 5.91 Å². The number of aliphatic carboxylic acids is 1. The molecule has 1 aliphatic rings. The van der Waals surface area contributed by atoms with E-state index in [2.05, 4.69) is 22.8 Å². The number of carboxylic acids is 1. The molecule has 4 rings (SSSR count). The lowest BCUT2D eigenvalue weighted by Gasteiger charge is -2.15. The number of benzene rings is 3. The first-order chi connectivity index (χ1) is 15.8. The van der Waals surface area contributed by atoms with E-state index in [9.17, 15) is 14.4 Å². The zero-order valence-electron chi connectivity index (χ0n) is 17.7. The standard InChI is InChI=1S/C25H21ClN2O5/c1-14(24(30)31)27-23(29)15-10-11-22(21(26)12-15)28-25(32)33-13-20-18-8-4-2-6-16(18)17-7-3-5-9-19(17)20/h2-12,14,20H,13H2,1H3,(H,27,29)(H,28,32)(H,30,31). The summed E-state index contributed by atoms with van der Waals surface area (Å²) in [7, 11) is 0. The van der Waals surface area contributed by atoms with Crippen LogP contribution in [0.1, 0.15) is 34.3 Å². The van der Waals surface area contributed by atoms with Crippen LogP contribution in [-0.2, 0) is 9.53 Å². The lowest BCUT2D eigenvalue weighted by atomic mass is 9.98. The lowest BCUT2D eigenvalue weighted by molar-refractivity contribution is -0.138. The van der Waals surface area contributed by atoms with E-state index in [4.69, 9.17) is 21.4 Å². The third-order valence-corrected chi connectivity index (χ3v) is 5.84. The van der Waals surface area contributed by atoms with Gasteiger partial charge in [0.15, 0.2) is 0 Å². The first-order valence-electron chi connectivity index (χ1n) is 10.3. The Morgan fingerprint density at radius 1 is 1.00 bits per heavy atom. The molecule has 0 saturated carbocycles. The van der Waals surface area contributed by atoms with Crippen LogP contribution in [0.15, 0.2) is 66.7 Å². The number of carbonyl (C=O) groups is 3. The molecule has 3 N–H and O–H groups in total. The Labute approximate surface area is 195 Å². The largest absolute Gasteiger partial charge is 0.480 e. The summed E-state index contributed by atoms with van der Waals surface area (Å²) in [5.41, 5.74) is 4.93. The fraction of sp³-hybridized carbons (Fsp3) is 0.160. The van der Waals surface area contributed by atoms with Gasteiger partial charge in [-0.25, -0.2) is 4.79 Å². The summed E-state index contributed by atoms with van der Waals surface area (Å²) >= 11 is 6.21. The maximum absolute atomic E-state index is 12.4. The van der Waals surface area contributed by atoms with Gasteiger partial charge in [-0.15, -0.1) is 0 Å². The molecule has 0 bridgehead atoms. The quantitative estimate of drug-likeness (QED) is 0.481. The van der Waals surface area contributed by atoms with Crippen LogP contribution < -0.4 is 10.6 Å². The van der Waals surface area contributed by atoms with Gasteiger partial charge in [0.2, 0.25) is 0 Å². The van der Waals surface area contributed by atoms with Crippen LogP contribution in [0.3, 0.4) is 0 Å². The minimum Gasteiger partial charge on any atom is -0.480 e. The SMILES string of the molecule is CC(NC(=O)c1ccc(NC(=O)OCC2c3ccccc3-c3ccccc32)c(Cl)c1)C(=O)O. The Morgan fingerprint density at radius 3 is 2.18 bits per heavy atom. The summed E-state index contributed by atoms with van der Waals surface area (Å²) in [4.78, 5) is 35.5. The molecule has 0 fully saturated rings. The maximum Gasteiger partial charge on any atom is 0.411 e. The van der Waals surface area contributed by atoms with Crippen LogP contribution in [0.25, 0.3) is 11.1 Å². The highest BCUT2D eigenvalue weighted by molar-refractivity contribution is 6.34. The molecule has 3 aromatic carbocycles. The fourth-order valence-electron chi connectivity index (χ4n) is 3.84. The number of carboxylic acid groups (broad SMARTS) is 1. The molecule has 2 amide bonds. The van der Waals surface area contributed by atoms with Crippen molar-refractivity contribution in [3.63, 3.8) is 0 Å². The second-order valence-corrected chi connectivity index (χ2v) is 8.09. The molecule has 1 aliphatic carbocycles. The van der Waals surface area contributed by atoms with Crippen LogP contribution in [0.2, 0.25) is 5.02 Å². The number of amides is 2. The zero-order chi connectivity index (χ0) is 23.5. The van der Waals surface area contributed by atoms with E-state index in [1.54, 1.807) is 0 Å². The molecular formula is C25H21ClN2O5. The van der Waals surface area contributed by atoms with Crippen LogP contribution in [0.4, 0.5) is 10.5 Å². The number of halogens is 1. The van der Waals surface area contributed by atoms with Crippen LogP contribution in [0, 0.1) is 0 Å². The molecule has 168 valence electrons. The van der Waals surface area contributed by atoms with E-state index in [-0.39, 0.29) is 28.8 Å². The second kappa shape index (κ2) is 9.34. The van der Waals surface area contributed by atoms with Gasteiger partial charge in [-0.2, -0.15) is 0 Å². The highest BCUT2D eigenvalue weighted by Crippen LogP contribution is 2.44. The van der Waals surface area contributed by atoms with Gasteiger partial charge in [0.05, 0.1) is 10.7 Å². The van der Waals surface area contributed by atoms with Gasteiger partial charge in [-0.05, 0) is 47.4 Å². The van der Waals surface area contributed by atoms with Crippen molar-refractivity contribution >= 4 is 35.3 Å². The number of hydrogen-bond acceptors (Lipinski definition) is 4. The van der Waals surface area contributed by atoms with Gasteiger partial charge >= 0.3 is 12.1 Å². The highest BCUT2D eigenvalue weighted by atomic mass is 35.5. The van der Waals surface area contributed by atoms with Crippen LogP contribution >= 0.6 is 11.6 Å². The summed E-state index contributed by atoms with van der Waals surface area (Å²) in [6.45, 7) is 1.51. The number of hydrogen-bond donors (Lipinski definition) is 3. The topological polar surface area (TPSA) is 105 Å². The maximum atomic E-state index is 12.4. The van der Waals surface area contributed by atoms with E-state index in [1.165, 1.54) is 25.1 Å². The van der Waals surface area contributed by atoms with E-state index < -0.39 is 24.0 Å². The average Bonchev–Trinajstić information content (AvgIpc) is 3.12. The first kappa shape index (κ1) is 22.4. The Morgan fingerprint density at radius 2 is 1.61 bits per heavy atom. The molecule has 3 aromatic rings. The van der Waals surface area contributed by atoms with Crippen molar-refractivity contribution in [2.75, 3.05) is 11.9 Å². The molecule has 33 heavy (non-hydrogen) atoms. The molecule has 0 spiro atoms. The number of anilines is 1. The molecule has 0 aromatic heterocycles. The first-order valence-corrected chi connectivity index (χ1v) is 10.7. The number of fused-ring (bicyclic) bond motifs is 3. The monoisotopic (exact) mass is 464 g/mol. The Balaban J connectivity index is 1.41. The Bertz CT molecular complexity index is 1200. The van der Waals surface area contributed by atoms with Crippen molar-refractivity contribution in [1.82, 2.24) is 5.32 Å². The normalized spacial score (nSPS) is 12.9. The van der Waals surface area contributed by atoms with Gasteiger partial charge in [0.1, 0.15) is 12.6 Å². The van der Waals surface area contributed by atoms with E-state index >= 15 is 0 Å². The predicted molar refractivity (Wildman–Crippen MR) is 125 cm³/mol. The molecule has 8 heteroatoms. The number of ether oxygens (including phenoxy) is 1. The van der Waals surface area contributed by atoms with Gasteiger partial charge in [0, 0.05) is 11.5 Å². The van der Waals surface area contributed by atoms with E-state index in [1.807, 2.05) is 36.4 Å². The Hall–Kier alpha value is -3.84. The summed E-state index contributed by atoms with van der Waals surface area (Å²) in [5, 5.41) is 14.0. The molecule has 0 radical (unpaired) electrons. The number of nitrogens with one attached hydrogen (secondary N) is 2. The minimum atomic E-state index is -1.15. The fourth-order valence-corrected chi connectivity index (χ4v) is 4.07. The Kier molecular flexibility index (Phi) is 6.33. The smallest absolute Gasteiger partial charge is 0.411 e. The van der Waals surface area contributed by atoms with Crippen molar-refractivity contribution < 1.29 is 24.2 Å². The molecule has 1 atom stereocenters. The summed E-state index contributed by atoms with van der Waals surface area (Å²) in [6, 6.07) is 19.3. The summed E-state index contributed by atoms with van der Waals surface area (Å²) < 4.78 is 5.50. The minimum absolute atomic E-state index is 0.0686. The summed E-state index contributed by atoms with van der Waals surface area (Å²) in [5.74, 6) is -1.80. The molecule has 7 nitrogen and oxygen atoms in total. The van der Waals surface area contributed by atoms with Gasteiger partial charge in [-0.1, -0.05) is 60.1 Å². The molecular weight excluding hydrogens is 444 g/mol. The van der Waals surface area contributed by atoms with E-state index in [0.717, 1.165) is 22.3 Å². The lowest BCUT2D eigenvalue weighted by Crippen LogP contribution is -2.38. The van der Waals surface area contributed by atoms with Crippen LogP contribution in [-0.4, -0.2) is 35.7 Å². The average molecular weight is 465 g/mol. The second-order valence-electron chi connectivity index (χ2n) is 7.68. The number of carbonyl (C=O) groups excluding carboxylic acids is 2. The summed E-state index contributed by atoms with van der Waals surface area (Å²) in [6.07, 6.45) is -0.671. The van der Waals surface area contributed by atoms with Gasteiger partial charge in [-0.3, -0.25) is 14.9 Å². The highest BCUT2D eigenvalue weighted by Gasteiger charge is 2.29. The van der Waals surface area contributed by atoms with Crippen molar-refractivity contribution in [2.24, 2.45) is 0 Å². The zero-order valence-corrected chi connectivity index (χ0v) is 18.4. The molecule has 1 unspecified atom stereocenters. The van der Waals surface area contributed by atoms with Crippen molar-refractivity contribution in [1.29, 1.82) is 0 Å². The number of rotatable bonds is 6. The third kappa shape index (κ3) is 4.68. The molecule has 0 saturated heterocycles. The molecule has 0 aliphatic heterocycles. The van der Waals surface area contributed by atoms with E-state index in [0.29, 0.717) is 0 Å². The van der Waals surface area contributed by atoms with Crippen molar-refractivity contribution in [3.8, 4) is 11.1 Å². The van der Waals surface area contributed by atoms with Crippen molar-refractivity contribution in [3.05, 3.63) is 88.4 Å². The predicted octanol–water partition coefficient (Wildman–Crippen LogP) is 4.90. The van der Waals surface area contributed by atoms with Crippen LogP contribution in [0.5, 0.6) is 0 Å². The van der Waals surface area contributed by atoms with Crippen molar-refractivity contribution in [2.45, 2.75) is 18.9 Å².